The van der Waals surface area contributed by atoms with Crippen molar-refractivity contribution in [3.8, 4) is 5.75 Å². The largest absolute Gasteiger partial charge is 0.486 e. The normalized spacial score (nSPS) is 9.95. The maximum absolute atomic E-state index is 10.9. The molecule has 0 amide bonds. The van der Waals surface area contributed by atoms with E-state index in [1.54, 1.807) is 19.2 Å². The van der Waals surface area contributed by atoms with Gasteiger partial charge in [0.25, 0.3) is 5.69 Å². The molecule has 0 bridgehead atoms. The Morgan fingerprint density at radius 2 is 1.89 bits per heavy atom. The van der Waals surface area contributed by atoms with Crippen molar-refractivity contribution in [1.82, 2.24) is 0 Å². The van der Waals surface area contributed by atoms with Gasteiger partial charge in [-0.3, -0.25) is 10.1 Å². The summed E-state index contributed by atoms with van der Waals surface area (Å²) in [5, 5.41) is 13.7. The molecule has 98 valence electrons. The van der Waals surface area contributed by atoms with Crippen molar-refractivity contribution < 1.29 is 9.66 Å². The number of benzene rings is 2. The van der Waals surface area contributed by atoms with Crippen LogP contribution in [0.1, 0.15) is 5.56 Å². The van der Waals surface area contributed by atoms with Gasteiger partial charge in [0.15, 0.2) is 5.69 Å². The van der Waals surface area contributed by atoms with Crippen LogP contribution in [0.5, 0.6) is 5.75 Å². The van der Waals surface area contributed by atoms with Gasteiger partial charge in [0.1, 0.15) is 12.4 Å². The van der Waals surface area contributed by atoms with Crippen LogP contribution in [0.4, 0.5) is 11.4 Å². The lowest BCUT2D eigenvalue weighted by Gasteiger charge is -2.11. The summed E-state index contributed by atoms with van der Waals surface area (Å²) in [6.45, 7) is 0.372. The Hall–Kier alpha value is -2.56. The molecular formula is C14H14N2O3. The van der Waals surface area contributed by atoms with E-state index in [0.29, 0.717) is 18.0 Å². The average molecular weight is 258 g/mol. The monoisotopic (exact) mass is 258 g/mol. The third-order valence-electron chi connectivity index (χ3n) is 2.69. The van der Waals surface area contributed by atoms with E-state index in [2.05, 4.69) is 5.32 Å². The molecule has 0 fully saturated rings. The zero-order chi connectivity index (χ0) is 13.7. The maximum atomic E-state index is 10.9. The van der Waals surface area contributed by atoms with E-state index >= 15 is 0 Å². The van der Waals surface area contributed by atoms with Crippen LogP contribution < -0.4 is 10.1 Å². The third-order valence-corrected chi connectivity index (χ3v) is 2.69. The number of ether oxygens (including phenoxy) is 1. The van der Waals surface area contributed by atoms with Crippen LogP contribution in [-0.4, -0.2) is 12.0 Å². The molecule has 0 atom stereocenters. The Morgan fingerprint density at radius 1 is 1.16 bits per heavy atom. The molecule has 19 heavy (non-hydrogen) atoms. The van der Waals surface area contributed by atoms with Gasteiger partial charge in [-0.15, -0.1) is 0 Å². The fourth-order valence-corrected chi connectivity index (χ4v) is 1.78. The lowest BCUT2D eigenvalue weighted by atomic mass is 10.2. The number of nitro benzene ring substituents is 1. The van der Waals surface area contributed by atoms with Crippen molar-refractivity contribution in [1.29, 1.82) is 0 Å². The molecule has 0 radical (unpaired) electrons. The fourth-order valence-electron chi connectivity index (χ4n) is 1.78. The molecule has 0 saturated carbocycles. The average Bonchev–Trinajstić information content (AvgIpc) is 2.45. The number of anilines is 1. The number of para-hydroxylation sites is 1. The molecule has 0 unspecified atom stereocenters. The second-order valence-corrected chi connectivity index (χ2v) is 3.93. The Morgan fingerprint density at radius 3 is 2.53 bits per heavy atom. The topological polar surface area (TPSA) is 64.4 Å². The molecule has 0 aliphatic carbocycles. The Kier molecular flexibility index (Phi) is 3.97. The van der Waals surface area contributed by atoms with Crippen LogP contribution in [0, 0.1) is 10.1 Å². The molecule has 2 aromatic carbocycles. The van der Waals surface area contributed by atoms with Crippen LogP contribution >= 0.6 is 0 Å². The highest BCUT2D eigenvalue weighted by atomic mass is 16.6. The molecule has 0 aromatic heterocycles. The van der Waals surface area contributed by atoms with Crippen LogP contribution in [0.15, 0.2) is 48.5 Å². The summed E-state index contributed by atoms with van der Waals surface area (Å²) in [5.74, 6) is 0.473. The SMILES string of the molecule is CNc1c(OCc2ccccc2)cccc1[N+](=O)[O-]. The first-order valence-corrected chi connectivity index (χ1v) is 5.84. The van der Waals surface area contributed by atoms with Gasteiger partial charge in [0.05, 0.1) is 4.92 Å². The summed E-state index contributed by atoms with van der Waals surface area (Å²) in [6, 6.07) is 14.4. The predicted molar refractivity (Wildman–Crippen MR) is 73.4 cm³/mol. The van der Waals surface area contributed by atoms with Gasteiger partial charge < -0.3 is 10.1 Å². The van der Waals surface area contributed by atoms with E-state index in [9.17, 15) is 10.1 Å². The van der Waals surface area contributed by atoms with Crippen molar-refractivity contribution in [2.75, 3.05) is 12.4 Å². The van der Waals surface area contributed by atoms with E-state index in [1.807, 2.05) is 30.3 Å². The molecule has 0 aliphatic heterocycles. The lowest BCUT2D eigenvalue weighted by molar-refractivity contribution is -0.384. The van der Waals surface area contributed by atoms with Crippen molar-refractivity contribution in [3.63, 3.8) is 0 Å². The summed E-state index contributed by atoms with van der Waals surface area (Å²) < 4.78 is 5.64. The molecule has 0 spiro atoms. The van der Waals surface area contributed by atoms with E-state index in [0.717, 1.165) is 5.56 Å². The smallest absolute Gasteiger partial charge is 0.296 e. The zero-order valence-electron chi connectivity index (χ0n) is 10.5. The number of hydrogen-bond acceptors (Lipinski definition) is 4. The molecule has 0 saturated heterocycles. The number of nitro groups is 1. The highest BCUT2D eigenvalue weighted by Crippen LogP contribution is 2.34. The summed E-state index contributed by atoms with van der Waals surface area (Å²) in [4.78, 5) is 10.5. The number of rotatable bonds is 5. The minimum Gasteiger partial charge on any atom is -0.486 e. The Bertz CT molecular complexity index is 570. The Labute approximate surface area is 111 Å². The fraction of sp³-hybridized carbons (Fsp3) is 0.143. The molecular weight excluding hydrogens is 244 g/mol. The summed E-state index contributed by atoms with van der Waals surface area (Å²) in [6.07, 6.45) is 0. The van der Waals surface area contributed by atoms with E-state index in [-0.39, 0.29) is 5.69 Å². The maximum Gasteiger partial charge on any atom is 0.296 e. The van der Waals surface area contributed by atoms with Crippen molar-refractivity contribution in [2.45, 2.75) is 6.61 Å². The molecule has 5 nitrogen and oxygen atoms in total. The third kappa shape index (κ3) is 3.01. The minimum atomic E-state index is -0.429. The quantitative estimate of drug-likeness (QED) is 0.660. The molecule has 5 heteroatoms. The molecule has 0 heterocycles. The highest BCUT2D eigenvalue weighted by Gasteiger charge is 2.17. The number of hydrogen-bond donors (Lipinski definition) is 1. The summed E-state index contributed by atoms with van der Waals surface area (Å²) in [7, 11) is 1.64. The summed E-state index contributed by atoms with van der Waals surface area (Å²) >= 11 is 0. The first-order chi connectivity index (χ1) is 9.22. The van der Waals surface area contributed by atoms with Crippen molar-refractivity contribution in [3.05, 3.63) is 64.2 Å². The van der Waals surface area contributed by atoms with Crippen LogP contribution in [-0.2, 0) is 6.61 Å². The van der Waals surface area contributed by atoms with Crippen LogP contribution in [0.2, 0.25) is 0 Å². The molecule has 2 rings (SSSR count). The number of nitrogens with zero attached hydrogens (tertiary/aromatic N) is 1. The standard InChI is InChI=1S/C14H14N2O3/c1-15-14-12(16(17)18)8-5-9-13(14)19-10-11-6-3-2-4-7-11/h2-9,15H,10H2,1H3. The van der Waals surface area contributed by atoms with Gasteiger partial charge in [-0.25, -0.2) is 0 Å². The van der Waals surface area contributed by atoms with Gasteiger partial charge in [0, 0.05) is 13.1 Å². The predicted octanol–water partition coefficient (Wildman–Crippen LogP) is 3.22. The highest BCUT2D eigenvalue weighted by molar-refractivity contribution is 5.69. The second-order valence-electron chi connectivity index (χ2n) is 3.93. The van der Waals surface area contributed by atoms with E-state index < -0.39 is 4.92 Å². The molecule has 0 aliphatic rings. The second kappa shape index (κ2) is 5.86. The van der Waals surface area contributed by atoms with E-state index in [1.165, 1.54) is 6.07 Å². The zero-order valence-corrected chi connectivity index (χ0v) is 10.5. The van der Waals surface area contributed by atoms with Crippen LogP contribution in [0.25, 0.3) is 0 Å². The minimum absolute atomic E-state index is 0.00746. The lowest BCUT2D eigenvalue weighted by Crippen LogP contribution is -2.02. The first-order valence-electron chi connectivity index (χ1n) is 5.84. The van der Waals surface area contributed by atoms with Gasteiger partial charge in [0.2, 0.25) is 0 Å². The van der Waals surface area contributed by atoms with Gasteiger partial charge in [-0.05, 0) is 11.6 Å². The number of nitrogens with one attached hydrogen (secondary N) is 1. The summed E-state index contributed by atoms with van der Waals surface area (Å²) in [5.41, 5.74) is 1.41. The molecule has 2 aromatic rings. The van der Waals surface area contributed by atoms with Gasteiger partial charge in [-0.2, -0.15) is 0 Å². The van der Waals surface area contributed by atoms with Crippen molar-refractivity contribution in [2.24, 2.45) is 0 Å². The molecule has 1 N–H and O–H groups in total. The van der Waals surface area contributed by atoms with Gasteiger partial charge in [-0.1, -0.05) is 36.4 Å². The Balaban J connectivity index is 2.21. The van der Waals surface area contributed by atoms with Crippen LogP contribution in [0.3, 0.4) is 0 Å². The first kappa shape index (κ1) is 12.9. The van der Waals surface area contributed by atoms with E-state index in [4.69, 9.17) is 4.74 Å². The van der Waals surface area contributed by atoms with Crippen molar-refractivity contribution >= 4 is 11.4 Å². The van der Waals surface area contributed by atoms with Gasteiger partial charge >= 0.3 is 0 Å².